The second-order valence-corrected chi connectivity index (χ2v) is 6.23. The molecule has 1 aromatic carbocycles. The molecule has 0 aliphatic carbocycles. The fourth-order valence-corrected chi connectivity index (χ4v) is 2.54. The monoisotopic (exact) mass is 283 g/mol. The van der Waals surface area contributed by atoms with Gasteiger partial charge in [-0.15, -0.1) is 0 Å². The van der Waals surface area contributed by atoms with Crippen LogP contribution in [0.1, 0.15) is 45.2 Å². The average molecular weight is 284 g/mol. The molecule has 0 saturated carbocycles. The zero-order valence-electron chi connectivity index (χ0n) is 11.8. The van der Waals surface area contributed by atoms with Gasteiger partial charge in [0.2, 0.25) is 0 Å². The summed E-state index contributed by atoms with van der Waals surface area (Å²) in [4.78, 5) is 0. The summed E-state index contributed by atoms with van der Waals surface area (Å²) < 4.78 is 11.6. The van der Waals surface area contributed by atoms with Crippen molar-refractivity contribution in [3.8, 4) is 5.75 Å². The van der Waals surface area contributed by atoms with Crippen molar-refractivity contribution >= 4 is 11.6 Å². The van der Waals surface area contributed by atoms with Crippen LogP contribution >= 0.6 is 11.6 Å². The van der Waals surface area contributed by atoms with Crippen molar-refractivity contribution in [2.24, 2.45) is 5.73 Å². The highest BCUT2D eigenvalue weighted by molar-refractivity contribution is 6.32. The van der Waals surface area contributed by atoms with E-state index in [1.807, 2.05) is 25.1 Å². The van der Waals surface area contributed by atoms with E-state index >= 15 is 0 Å². The molecule has 1 aliphatic rings. The van der Waals surface area contributed by atoms with Gasteiger partial charge >= 0.3 is 0 Å². The topological polar surface area (TPSA) is 44.5 Å². The molecule has 2 rings (SSSR count). The van der Waals surface area contributed by atoms with Gasteiger partial charge in [0.15, 0.2) is 0 Å². The fourth-order valence-electron chi connectivity index (χ4n) is 2.30. The minimum absolute atomic E-state index is 0.0227. The van der Waals surface area contributed by atoms with E-state index in [2.05, 4.69) is 13.8 Å². The molecule has 0 amide bonds. The van der Waals surface area contributed by atoms with Crippen LogP contribution < -0.4 is 10.5 Å². The van der Waals surface area contributed by atoms with Crippen LogP contribution in [0.15, 0.2) is 18.2 Å². The van der Waals surface area contributed by atoms with Gasteiger partial charge in [-0.3, -0.25) is 0 Å². The number of hydrogen-bond acceptors (Lipinski definition) is 3. The van der Waals surface area contributed by atoms with Gasteiger partial charge < -0.3 is 15.2 Å². The first-order chi connectivity index (χ1) is 8.87. The van der Waals surface area contributed by atoms with Gasteiger partial charge in [0.05, 0.1) is 16.7 Å². The van der Waals surface area contributed by atoms with E-state index in [1.165, 1.54) is 0 Å². The molecule has 0 bridgehead atoms. The first-order valence-corrected chi connectivity index (χ1v) is 7.11. The number of hydrogen-bond donors (Lipinski definition) is 1. The summed E-state index contributed by atoms with van der Waals surface area (Å²) >= 11 is 6.19. The highest BCUT2D eigenvalue weighted by Crippen LogP contribution is 2.31. The largest absolute Gasteiger partial charge is 0.489 e. The molecule has 2 atom stereocenters. The van der Waals surface area contributed by atoms with Crippen LogP contribution in [0.3, 0.4) is 0 Å². The molecule has 106 valence electrons. The number of rotatable bonds is 4. The molecule has 1 aliphatic heterocycles. The molecule has 0 aromatic heterocycles. The van der Waals surface area contributed by atoms with E-state index in [4.69, 9.17) is 26.8 Å². The Hall–Kier alpha value is -0.770. The smallest absolute Gasteiger partial charge is 0.138 e. The summed E-state index contributed by atoms with van der Waals surface area (Å²) in [6.45, 7) is 6.69. The minimum Gasteiger partial charge on any atom is -0.489 e. The van der Waals surface area contributed by atoms with Crippen LogP contribution in [0.5, 0.6) is 5.75 Å². The highest BCUT2D eigenvalue weighted by Gasteiger charge is 2.31. The second-order valence-electron chi connectivity index (χ2n) is 5.83. The first kappa shape index (κ1) is 14.6. The van der Waals surface area contributed by atoms with E-state index in [-0.39, 0.29) is 17.7 Å². The molecule has 4 heteroatoms. The number of halogens is 1. The summed E-state index contributed by atoms with van der Waals surface area (Å²) in [7, 11) is 0. The second kappa shape index (κ2) is 5.70. The third-order valence-corrected chi connectivity index (χ3v) is 3.76. The van der Waals surface area contributed by atoms with Crippen LogP contribution in [0.4, 0.5) is 0 Å². The molecular formula is C15H22ClNO2. The van der Waals surface area contributed by atoms with Gasteiger partial charge in [-0.2, -0.15) is 0 Å². The van der Waals surface area contributed by atoms with Gasteiger partial charge in [-0.1, -0.05) is 17.7 Å². The highest BCUT2D eigenvalue weighted by atomic mass is 35.5. The van der Waals surface area contributed by atoms with Crippen molar-refractivity contribution in [2.45, 2.75) is 51.4 Å². The fraction of sp³-hybridized carbons (Fsp3) is 0.600. The van der Waals surface area contributed by atoms with Crippen LogP contribution in [0, 0.1) is 0 Å². The lowest BCUT2D eigenvalue weighted by molar-refractivity contribution is -0.0326. The average Bonchev–Trinajstić information content (AvgIpc) is 2.67. The van der Waals surface area contributed by atoms with Crippen LogP contribution in [0.2, 0.25) is 5.02 Å². The summed E-state index contributed by atoms with van der Waals surface area (Å²) in [5.41, 5.74) is 6.80. The molecule has 3 nitrogen and oxygen atoms in total. The van der Waals surface area contributed by atoms with Gasteiger partial charge in [0.1, 0.15) is 12.4 Å². The number of nitrogens with two attached hydrogens (primary N) is 1. The van der Waals surface area contributed by atoms with Crippen molar-refractivity contribution in [1.29, 1.82) is 0 Å². The maximum atomic E-state index is 6.19. The van der Waals surface area contributed by atoms with Crippen molar-refractivity contribution in [2.75, 3.05) is 6.61 Å². The Morgan fingerprint density at radius 1 is 1.53 bits per heavy atom. The van der Waals surface area contributed by atoms with Gasteiger partial charge in [0.25, 0.3) is 0 Å². The van der Waals surface area contributed by atoms with Crippen LogP contribution in [-0.4, -0.2) is 18.3 Å². The lowest BCUT2D eigenvalue weighted by Crippen LogP contribution is -2.23. The Morgan fingerprint density at radius 2 is 2.26 bits per heavy atom. The van der Waals surface area contributed by atoms with E-state index in [1.54, 1.807) is 0 Å². The lowest BCUT2D eigenvalue weighted by Gasteiger charge is -2.19. The first-order valence-electron chi connectivity index (χ1n) is 6.73. The molecule has 2 N–H and O–H groups in total. The van der Waals surface area contributed by atoms with Crippen LogP contribution in [0.25, 0.3) is 0 Å². The van der Waals surface area contributed by atoms with Crippen molar-refractivity contribution in [3.05, 3.63) is 28.8 Å². The third kappa shape index (κ3) is 3.85. The predicted molar refractivity (Wildman–Crippen MR) is 77.7 cm³/mol. The number of benzene rings is 1. The molecule has 0 radical (unpaired) electrons. The zero-order chi connectivity index (χ0) is 14.0. The zero-order valence-corrected chi connectivity index (χ0v) is 12.5. The standard InChI is InChI=1S/C15H22ClNO2/c1-10(17)11-4-5-14(13(16)8-11)18-9-12-6-7-15(2,3)19-12/h4-5,8,10,12H,6-7,9,17H2,1-3H3. The SMILES string of the molecule is CC(N)c1ccc(OCC2CCC(C)(C)O2)c(Cl)c1. The molecule has 1 heterocycles. The molecule has 1 aromatic rings. The van der Waals surface area contributed by atoms with Crippen molar-refractivity contribution < 1.29 is 9.47 Å². The van der Waals surface area contributed by atoms with E-state index in [0.717, 1.165) is 18.4 Å². The van der Waals surface area contributed by atoms with Gasteiger partial charge in [-0.05, 0) is 51.3 Å². The Balaban J connectivity index is 1.93. The van der Waals surface area contributed by atoms with E-state index in [9.17, 15) is 0 Å². The molecule has 19 heavy (non-hydrogen) atoms. The maximum absolute atomic E-state index is 6.19. The minimum atomic E-state index is -0.0311. The molecular weight excluding hydrogens is 262 g/mol. The summed E-state index contributed by atoms with van der Waals surface area (Å²) in [6.07, 6.45) is 2.25. The van der Waals surface area contributed by atoms with Crippen molar-refractivity contribution in [3.63, 3.8) is 0 Å². The molecule has 0 spiro atoms. The molecule has 1 fully saturated rings. The summed E-state index contributed by atoms with van der Waals surface area (Å²) in [6, 6.07) is 5.67. The summed E-state index contributed by atoms with van der Waals surface area (Å²) in [5.74, 6) is 0.694. The Morgan fingerprint density at radius 3 is 2.79 bits per heavy atom. The quantitative estimate of drug-likeness (QED) is 0.916. The maximum Gasteiger partial charge on any atom is 0.138 e. The third-order valence-electron chi connectivity index (χ3n) is 3.46. The van der Waals surface area contributed by atoms with E-state index in [0.29, 0.717) is 17.4 Å². The number of ether oxygens (including phenoxy) is 2. The Bertz CT molecular complexity index is 446. The van der Waals surface area contributed by atoms with E-state index < -0.39 is 0 Å². The van der Waals surface area contributed by atoms with Gasteiger partial charge in [-0.25, -0.2) is 0 Å². The van der Waals surface area contributed by atoms with Crippen molar-refractivity contribution in [1.82, 2.24) is 0 Å². The molecule has 1 saturated heterocycles. The normalized spacial score (nSPS) is 23.3. The Labute approximate surface area is 120 Å². The van der Waals surface area contributed by atoms with Gasteiger partial charge in [0, 0.05) is 6.04 Å². The lowest BCUT2D eigenvalue weighted by atomic mass is 10.1. The summed E-state index contributed by atoms with van der Waals surface area (Å²) in [5, 5.41) is 0.604. The van der Waals surface area contributed by atoms with Crippen LogP contribution in [-0.2, 0) is 4.74 Å². The Kier molecular flexibility index (Phi) is 4.39. The predicted octanol–water partition coefficient (Wildman–Crippen LogP) is 3.70. The molecule has 2 unspecified atom stereocenters.